The molecule has 0 bridgehead atoms. The number of rotatable bonds is 7. The van der Waals surface area contributed by atoms with Gasteiger partial charge >= 0.3 is 0 Å². The van der Waals surface area contributed by atoms with Gasteiger partial charge in [0.15, 0.2) is 0 Å². The van der Waals surface area contributed by atoms with Gasteiger partial charge in [0.2, 0.25) is 0 Å². The zero-order valence-electron chi connectivity index (χ0n) is 10.8. The van der Waals surface area contributed by atoms with Crippen molar-refractivity contribution in [3.8, 4) is 0 Å². The molecule has 0 aliphatic rings. The predicted octanol–water partition coefficient (Wildman–Crippen LogP) is 2.27. The van der Waals surface area contributed by atoms with E-state index in [0.29, 0.717) is 6.04 Å². The van der Waals surface area contributed by atoms with Crippen molar-refractivity contribution in [1.82, 2.24) is 15.2 Å². The molecule has 1 heterocycles. The molecule has 1 rings (SSSR count). The Bertz CT molecular complexity index is 294. The van der Waals surface area contributed by atoms with Crippen LogP contribution in [-0.4, -0.2) is 35.6 Å². The van der Waals surface area contributed by atoms with Crippen LogP contribution in [0.25, 0.3) is 0 Å². The number of nitrogens with one attached hydrogen (secondary N) is 1. The fourth-order valence-corrected chi connectivity index (χ4v) is 2.63. The number of likely N-dealkylation sites (N-methyl/N-ethyl adjacent to an activating group) is 1. The van der Waals surface area contributed by atoms with Gasteiger partial charge in [0.25, 0.3) is 0 Å². The highest BCUT2D eigenvalue weighted by atomic mass is 32.1. The van der Waals surface area contributed by atoms with Crippen molar-refractivity contribution in [2.24, 2.45) is 0 Å². The normalized spacial score (nSPS) is 13.3. The summed E-state index contributed by atoms with van der Waals surface area (Å²) in [6.07, 6.45) is 1.97. The molecule has 92 valence electrons. The maximum Gasteiger partial charge on any atom is 0.0897 e. The zero-order chi connectivity index (χ0) is 12.0. The van der Waals surface area contributed by atoms with Gasteiger partial charge in [0.1, 0.15) is 0 Å². The predicted molar refractivity (Wildman–Crippen MR) is 70.9 cm³/mol. The maximum absolute atomic E-state index is 4.25. The van der Waals surface area contributed by atoms with Gasteiger partial charge < -0.3 is 5.32 Å². The second kappa shape index (κ2) is 6.99. The second-order valence-corrected chi connectivity index (χ2v) is 5.37. The first-order valence-electron chi connectivity index (χ1n) is 6.03. The van der Waals surface area contributed by atoms with Gasteiger partial charge in [-0.3, -0.25) is 4.90 Å². The van der Waals surface area contributed by atoms with Crippen LogP contribution in [0.1, 0.15) is 30.7 Å². The smallest absolute Gasteiger partial charge is 0.0897 e. The summed E-state index contributed by atoms with van der Waals surface area (Å²) in [5.74, 6) is 0. The molecule has 0 aliphatic carbocycles. The minimum absolute atomic E-state index is 0.601. The van der Waals surface area contributed by atoms with Crippen LogP contribution in [0, 0.1) is 6.92 Å². The summed E-state index contributed by atoms with van der Waals surface area (Å²) in [6, 6.07) is 0.601. The van der Waals surface area contributed by atoms with E-state index in [0.717, 1.165) is 31.2 Å². The van der Waals surface area contributed by atoms with Gasteiger partial charge in [0.05, 0.1) is 5.01 Å². The van der Waals surface area contributed by atoms with Gasteiger partial charge in [-0.05, 0) is 26.9 Å². The van der Waals surface area contributed by atoms with E-state index in [1.807, 2.05) is 13.1 Å². The molecule has 0 fully saturated rings. The summed E-state index contributed by atoms with van der Waals surface area (Å²) in [5.41, 5.74) is 0. The van der Waals surface area contributed by atoms with E-state index in [9.17, 15) is 0 Å². The van der Waals surface area contributed by atoms with Crippen molar-refractivity contribution in [2.75, 3.05) is 19.6 Å². The average Bonchev–Trinajstić information content (AvgIpc) is 2.66. The molecule has 1 aromatic heterocycles. The Hall–Kier alpha value is -0.450. The first kappa shape index (κ1) is 13.6. The van der Waals surface area contributed by atoms with Gasteiger partial charge in [-0.25, -0.2) is 4.98 Å². The van der Waals surface area contributed by atoms with Crippen LogP contribution in [0.15, 0.2) is 6.20 Å². The molecule has 0 saturated heterocycles. The third-order valence-electron chi connectivity index (χ3n) is 2.84. The molecule has 0 aliphatic heterocycles. The summed E-state index contributed by atoms with van der Waals surface area (Å²) >= 11 is 1.77. The van der Waals surface area contributed by atoms with Gasteiger partial charge in [-0.1, -0.05) is 13.8 Å². The van der Waals surface area contributed by atoms with Crippen LogP contribution >= 0.6 is 11.3 Å². The van der Waals surface area contributed by atoms with Crippen molar-refractivity contribution in [3.05, 3.63) is 16.1 Å². The van der Waals surface area contributed by atoms with Gasteiger partial charge in [-0.2, -0.15) is 0 Å². The van der Waals surface area contributed by atoms with Crippen molar-refractivity contribution in [1.29, 1.82) is 0 Å². The van der Waals surface area contributed by atoms with Crippen LogP contribution < -0.4 is 5.32 Å². The lowest BCUT2D eigenvalue weighted by molar-refractivity contribution is 0.226. The van der Waals surface area contributed by atoms with E-state index in [4.69, 9.17) is 0 Å². The highest BCUT2D eigenvalue weighted by Crippen LogP contribution is 2.10. The molecule has 0 aromatic carbocycles. The molecule has 1 atom stereocenters. The van der Waals surface area contributed by atoms with E-state index in [1.165, 1.54) is 4.88 Å². The topological polar surface area (TPSA) is 28.2 Å². The van der Waals surface area contributed by atoms with Crippen molar-refractivity contribution < 1.29 is 0 Å². The van der Waals surface area contributed by atoms with Crippen LogP contribution in [0.3, 0.4) is 0 Å². The maximum atomic E-state index is 4.25. The minimum Gasteiger partial charge on any atom is -0.310 e. The first-order chi connectivity index (χ1) is 7.67. The summed E-state index contributed by atoms with van der Waals surface area (Å²) in [6.45, 7) is 13.0. The molecule has 16 heavy (non-hydrogen) atoms. The molecule has 1 N–H and O–H groups in total. The summed E-state index contributed by atoms with van der Waals surface area (Å²) in [7, 11) is 0. The Labute approximate surface area is 103 Å². The van der Waals surface area contributed by atoms with Gasteiger partial charge in [-0.15, -0.1) is 11.3 Å². The Balaban J connectivity index is 2.24. The first-order valence-corrected chi connectivity index (χ1v) is 6.85. The van der Waals surface area contributed by atoms with E-state index < -0.39 is 0 Å². The second-order valence-electron chi connectivity index (χ2n) is 4.05. The van der Waals surface area contributed by atoms with Crippen molar-refractivity contribution in [2.45, 2.75) is 40.3 Å². The van der Waals surface area contributed by atoms with Crippen molar-refractivity contribution in [3.63, 3.8) is 0 Å². The Morgan fingerprint density at radius 1 is 1.44 bits per heavy atom. The van der Waals surface area contributed by atoms with Crippen LogP contribution in [-0.2, 0) is 6.54 Å². The largest absolute Gasteiger partial charge is 0.310 e. The van der Waals surface area contributed by atoms with Crippen LogP contribution in [0.2, 0.25) is 0 Å². The highest BCUT2D eigenvalue weighted by Gasteiger charge is 2.09. The lowest BCUT2D eigenvalue weighted by atomic mass is 10.2. The molecule has 0 radical (unpaired) electrons. The lowest BCUT2D eigenvalue weighted by Gasteiger charge is -2.26. The van der Waals surface area contributed by atoms with E-state index in [-0.39, 0.29) is 0 Å². The minimum atomic E-state index is 0.601. The molecular formula is C12H23N3S. The highest BCUT2D eigenvalue weighted by molar-refractivity contribution is 7.11. The Kier molecular flexibility index (Phi) is 5.95. The summed E-state index contributed by atoms with van der Waals surface area (Å²) < 4.78 is 0. The summed E-state index contributed by atoms with van der Waals surface area (Å²) in [5, 5.41) is 4.64. The molecule has 0 spiro atoms. The lowest BCUT2D eigenvalue weighted by Crippen LogP contribution is -2.39. The Morgan fingerprint density at radius 3 is 2.62 bits per heavy atom. The number of aryl methyl sites for hydroxylation is 1. The van der Waals surface area contributed by atoms with E-state index >= 15 is 0 Å². The molecule has 0 amide bonds. The SMILES string of the molecule is CCN(CC)C(C)CNCc1cnc(C)s1. The number of hydrogen-bond donors (Lipinski definition) is 1. The van der Waals surface area contributed by atoms with E-state index in [2.05, 4.69) is 36.0 Å². The Morgan fingerprint density at radius 2 is 2.12 bits per heavy atom. The number of hydrogen-bond acceptors (Lipinski definition) is 4. The standard InChI is InChI=1S/C12H23N3S/c1-5-15(6-2)10(3)7-13-8-12-9-14-11(4)16-12/h9-10,13H,5-8H2,1-4H3. The third kappa shape index (κ3) is 4.20. The number of aromatic nitrogens is 1. The molecule has 0 saturated carbocycles. The molecule has 4 heteroatoms. The molecule has 3 nitrogen and oxygen atoms in total. The van der Waals surface area contributed by atoms with Crippen LogP contribution in [0.4, 0.5) is 0 Å². The number of thiazole rings is 1. The molecule has 1 unspecified atom stereocenters. The fraction of sp³-hybridized carbons (Fsp3) is 0.750. The van der Waals surface area contributed by atoms with Crippen molar-refractivity contribution >= 4 is 11.3 Å². The quantitative estimate of drug-likeness (QED) is 0.794. The number of nitrogens with zero attached hydrogens (tertiary/aromatic N) is 2. The zero-order valence-corrected chi connectivity index (χ0v) is 11.6. The molecular weight excluding hydrogens is 218 g/mol. The fourth-order valence-electron chi connectivity index (χ4n) is 1.87. The van der Waals surface area contributed by atoms with E-state index in [1.54, 1.807) is 11.3 Å². The van der Waals surface area contributed by atoms with Crippen LogP contribution in [0.5, 0.6) is 0 Å². The summed E-state index contributed by atoms with van der Waals surface area (Å²) in [4.78, 5) is 8.04. The third-order valence-corrected chi connectivity index (χ3v) is 3.76. The monoisotopic (exact) mass is 241 g/mol. The average molecular weight is 241 g/mol. The van der Waals surface area contributed by atoms with Gasteiger partial charge in [0, 0.05) is 30.2 Å². The molecule has 1 aromatic rings.